The first-order valence-electron chi connectivity index (χ1n) is 5.83. The zero-order valence-electron chi connectivity index (χ0n) is 10.1. The Kier molecular flexibility index (Phi) is 2.47. The fourth-order valence-corrected chi connectivity index (χ4v) is 2.34. The monoisotopic (exact) mass is 256 g/mol. The first kappa shape index (κ1) is 11.6. The number of nitrogens with zero attached hydrogens (tertiary/aromatic N) is 5. The van der Waals surface area contributed by atoms with Crippen LogP contribution < -0.4 is 5.73 Å². The summed E-state index contributed by atoms with van der Waals surface area (Å²) in [5.41, 5.74) is 6.10. The van der Waals surface area contributed by atoms with Gasteiger partial charge in [-0.25, -0.2) is 15.0 Å². The highest BCUT2D eigenvalue weighted by molar-refractivity contribution is 5.81. The molecular formula is C12H12N6O. The molecule has 1 aliphatic carbocycles. The van der Waals surface area contributed by atoms with Gasteiger partial charge >= 0.3 is 0 Å². The van der Waals surface area contributed by atoms with Gasteiger partial charge in [0, 0.05) is 0 Å². The normalized spacial score (nSPS) is 25.8. The summed E-state index contributed by atoms with van der Waals surface area (Å²) in [6.07, 6.45) is 7.15. The highest BCUT2D eigenvalue weighted by atomic mass is 16.3. The Morgan fingerprint density at radius 3 is 3.05 bits per heavy atom. The van der Waals surface area contributed by atoms with Gasteiger partial charge in [-0.1, -0.05) is 12.2 Å². The van der Waals surface area contributed by atoms with Crippen molar-refractivity contribution in [2.24, 2.45) is 5.41 Å². The van der Waals surface area contributed by atoms with Crippen molar-refractivity contribution in [1.82, 2.24) is 19.5 Å². The van der Waals surface area contributed by atoms with E-state index in [1.807, 2.05) is 10.6 Å². The zero-order valence-corrected chi connectivity index (χ0v) is 10.1. The number of fused-ring (bicyclic) bond motifs is 1. The molecule has 19 heavy (non-hydrogen) atoms. The van der Waals surface area contributed by atoms with Crippen LogP contribution >= 0.6 is 0 Å². The number of nitriles is 1. The van der Waals surface area contributed by atoms with Crippen LogP contribution in [0.25, 0.3) is 11.2 Å². The molecule has 0 saturated heterocycles. The maximum absolute atomic E-state index is 9.34. The topological polar surface area (TPSA) is 114 Å². The van der Waals surface area contributed by atoms with Gasteiger partial charge in [-0.2, -0.15) is 5.26 Å². The summed E-state index contributed by atoms with van der Waals surface area (Å²) in [7, 11) is 0. The molecule has 2 aromatic heterocycles. The van der Waals surface area contributed by atoms with Gasteiger partial charge in [-0.15, -0.1) is 0 Å². The third kappa shape index (κ3) is 1.65. The van der Waals surface area contributed by atoms with Crippen LogP contribution in [0.2, 0.25) is 0 Å². The van der Waals surface area contributed by atoms with E-state index in [1.54, 1.807) is 12.4 Å². The molecule has 0 fully saturated rings. The predicted molar refractivity (Wildman–Crippen MR) is 67.7 cm³/mol. The fourth-order valence-electron chi connectivity index (χ4n) is 2.34. The molecule has 0 bridgehead atoms. The molecule has 0 spiro atoms. The van der Waals surface area contributed by atoms with E-state index in [9.17, 15) is 5.11 Å². The Morgan fingerprint density at radius 1 is 1.53 bits per heavy atom. The molecule has 7 nitrogen and oxygen atoms in total. The number of aliphatic hydroxyl groups excluding tert-OH is 1. The Bertz CT molecular complexity index is 700. The quantitative estimate of drug-likeness (QED) is 0.752. The van der Waals surface area contributed by atoms with Crippen molar-refractivity contribution in [2.45, 2.75) is 12.5 Å². The van der Waals surface area contributed by atoms with Crippen LogP contribution in [0.5, 0.6) is 0 Å². The van der Waals surface area contributed by atoms with Gasteiger partial charge in [0.1, 0.15) is 17.3 Å². The van der Waals surface area contributed by atoms with E-state index in [0.717, 1.165) is 0 Å². The zero-order chi connectivity index (χ0) is 13.5. The van der Waals surface area contributed by atoms with Gasteiger partial charge in [0.25, 0.3) is 0 Å². The number of rotatable bonds is 2. The molecule has 7 heteroatoms. The second-order valence-electron chi connectivity index (χ2n) is 4.64. The SMILES string of the molecule is N#C[C@]1(CO)C=C[C@@H](n2cnc3c(N)ncnc32)C1. The average Bonchev–Trinajstić information content (AvgIpc) is 3.03. The van der Waals surface area contributed by atoms with E-state index in [4.69, 9.17) is 11.0 Å². The van der Waals surface area contributed by atoms with E-state index in [0.29, 0.717) is 23.4 Å². The minimum Gasteiger partial charge on any atom is -0.394 e. The van der Waals surface area contributed by atoms with Gasteiger partial charge in [0.15, 0.2) is 11.5 Å². The standard InChI is InChI=1S/C12H12N6O/c13-4-12(5-19)2-1-8(3-12)18-7-17-9-10(14)15-6-16-11(9)18/h1-2,6-8,19H,3,5H2,(H2,14,15,16)/t8-,12+/m1/s1. The number of aliphatic hydroxyl groups is 1. The van der Waals surface area contributed by atoms with Crippen molar-refractivity contribution in [1.29, 1.82) is 5.26 Å². The third-order valence-corrected chi connectivity index (χ3v) is 3.46. The maximum atomic E-state index is 9.34. The molecule has 1 aliphatic rings. The number of hydrogen-bond donors (Lipinski definition) is 2. The number of nitrogens with two attached hydrogens (primary N) is 1. The highest BCUT2D eigenvalue weighted by Crippen LogP contribution is 2.38. The number of aromatic nitrogens is 4. The molecule has 0 aliphatic heterocycles. The van der Waals surface area contributed by atoms with E-state index < -0.39 is 5.41 Å². The van der Waals surface area contributed by atoms with Gasteiger partial charge in [0.2, 0.25) is 0 Å². The summed E-state index contributed by atoms with van der Waals surface area (Å²) in [5.74, 6) is 0.333. The van der Waals surface area contributed by atoms with E-state index in [2.05, 4.69) is 21.0 Å². The summed E-state index contributed by atoms with van der Waals surface area (Å²) in [5, 5.41) is 18.5. The summed E-state index contributed by atoms with van der Waals surface area (Å²) in [6.45, 7) is -0.194. The molecule has 0 radical (unpaired) electrons. The van der Waals surface area contributed by atoms with E-state index in [-0.39, 0.29) is 12.6 Å². The van der Waals surface area contributed by atoms with Gasteiger partial charge in [0.05, 0.1) is 25.0 Å². The van der Waals surface area contributed by atoms with Crippen molar-refractivity contribution in [3.05, 3.63) is 24.8 Å². The van der Waals surface area contributed by atoms with Crippen molar-refractivity contribution >= 4 is 17.0 Å². The van der Waals surface area contributed by atoms with Gasteiger partial charge in [-0.05, 0) is 6.42 Å². The van der Waals surface area contributed by atoms with Crippen LogP contribution in [-0.2, 0) is 0 Å². The van der Waals surface area contributed by atoms with E-state index in [1.165, 1.54) is 6.33 Å². The molecule has 3 rings (SSSR count). The molecule has 0 saturated carbocycles. The molecule has 0 amide bonds. The molecule has 2 atom stereocenters. The average molecular weight is 256 g/mol. The second-order valence-corrected chi connectivity index (χ2v) is 4.64. The molecular weight excluding hydrogens is 244 g/mol. The van der Waals surface area contributed by atoms with Crippen LogP contribution in [0.4, 0.5) is 5.82 Å². The summed E-state index contributed by atoms with van der Waals surface area (Å²) in [6, 6.07) is 2.09. The number of imidazole rings is 1. The Hall–Kier alpha value is -2.46. The molecule has 3 N–H and O–H groups in total. The van der Waals surface area contributed by atoms with Crippen LogP contribution in [-0.4, -0.2) is 31.2 Å². The lowest BCUT2D eigenvalue weighted by Crippen LogP contribution is -2.20. The smallest absolute Gasteiger partial charge is 0.165 e. The van der Waals surface area contributed by atoms with Crippen LogP contribution in [0.15, 0.2) is 24.8 Å². The minimum atomic E-state index is -0.820. The van der Waals surface area contributed by atoms with Crippen LogP contribution in [0.1, 0.15) is 12.5 Å². The Balaban J connectivity index is 2.02. The summed E-state index contributed by atoms with van der Waals surface area (Å²) in [4.78, 5) is 12.3. The fraction of sp³-hybridized carbons (Fsp3) is 0.333. The lowest BCUT2D eigenvalue weighted by molar-refractivity contribution is 0.202. The van der Waals surface area contributed by atoms with Crippen LogP contribution in [0, 0.1) is 16.7 Å². The van der Waals surface area contributed by atoms with E-state index >= 15 is 0 Å². The number of hydrogen-bond acceptors (Lipinski definition) is 6. The Labute approximate surface area is 109 Å². The highest BCUT2D eigenvalue weighted by Gasteiger charge is 2.35. The van der Waals surface area contributed by atoms with Crippen molar-refractivity contribution in [3.63, 3.8) is 0 Å². The van der Waals surface area contributed by atoms with Crippen molar-refractivity contribution in [3.8, 4) is 6.07 Å². The Morgan fingerprint density at radius 2 is 2.37 bits per heavy atom. The molecule has 2 heterocycles. The number of anilines is 1. The first-order chi connectivity index (χ1) is 9.19. The lowest BCUT2D eigenvalue weighted by atomic mass is 9.90. The molecule has 0 unspecified atom stereocenters. The third-order valence-electron chi connectivity index (χ3n) is 3.46. The largest absolute Gasteiger partial charge is 0.394 e. The van der Waals surface area contributed by atoms with Crippen molar-refractivity contribution < 1.29 is 5.11 Å². The molecule has 0 aromatic carbocycles. The molecule has 2 aromatic rings. The minimum absolute atomic E-state index is 0.0638. The maximum Gasteiger partial charge on any atom is 0.165 e. The summed E-state index contributed by atoms with van der Waals surface area (Å²) < 4.78 is 1.85. The first-order valence-corrected chi connectivity index (χ1v) is 5.83. The van der Waals surface area contributed by atoms with Crippen molar-refractivity contribution in [2.75, 3.05) is 12.3 Å². The predicted octanol–water partition coefficient (Wildman–Crippen LogP) is 0.412. The summed E-state index contributed by atoms with van der Waals surface area (Å²) >= 11 is 0. The second kappa shape index (κ2) is 4.03. The number of allylic oxidation sites excluding steroid dienone is 1. The van der Waals surface area contributed by atoms with Gasteiger partial charge in [-0.3, -0.25) is 0 Å². The molecule has 96 valence electrons. The number of nitrogen functional groups attached to an aromatic ring is 1. The lowest BCUT2D eigenvalue weighted by Gasteiger charge is -2.18. The van der Waals surface area contributed by atoms with Crippen LogP contribution in [0.3, 0.4) is 0 Å². The van der Waals surface area contributed by atoms with Gasteiger partial charge < -0.3 is 15.4 Å².